The Hall–Kier alpha value is -1.42. The summed E-state index contributed by atoms with van der Waals surface area (Å²) in [5.74, 6) is -1.02. The third kappa shape index (κ3) is 3.29. The highest BCUT2D eigenvalue weighted by Gasteiger charge is 2.26. The molecule has 1 unspecified atom stereocenters. The molecule has 100 valence electrons. The van der Waals surface area contributed by atoms with E-state index in [4.69, 9.17) is 0 Å². The third-order valence-electron chi connectivity index (χ3n) is 3.29. The number of benzene rings is 1. The van der Waals surface area contributed by atoms with Gasteiger partial charge in [-0.05, 0) is 31.4 Å². The average Bonchev–Trinajstić information content (AvgIpc) is 2.29. The SMILES string of the molecule is Cc1cccc(C(=O)NCC(C)(O)C(C)C)c1F. The van der Waals surface area contributed by atoms with Gasteiger partial charge < -0.3 is 10.4 Å². The Morgan fingerprint density at radius 2 is 2.11 bits per heavy atom. The monoisotopic (exact) mass is 253 g/mol. The first-order chi connectivity index (χ1) is 8.25. The maximum absolute atomic E-state index is 13.7. The van der Waals surface area contributed by atoms with Crippen LogP contribution in [0.3, 0.4) is 0 Å². The van der Waals surface area contributed by atoms with Crippen LogP contribution in [0.15, 0.2) is 18.2 Å². The second kappa shape index (κ2) is 5.48. The average molecular weight is 253 g/mol. The largest absolute Gasteiger partial charge is 0.388 e. The molecule has 2 N–H and O–H groups in total. The Morgan fingerprint density at radius 3 is 2.67 bits per heavy atom. The van der Waals surface area contributed by atoms with E-state index in [9.17, 15) is 14.3 Å². The molecule has 0 aromatic heterocycles. The van der Waals surface area contributed by atoms with Gasteiger partial charge in [0.15, 0.2) is 0 Å². The standard InChI is InChI=1S/C14H20FNO2/c1-9(2)14(4,18)8-16-13(17)11-7-5-6-10(3)12(11)15/h5-7,9,18H,8H2,1-4H3,(H,16,17). The second-order valence-corrected chi connectivity index (χ2v) is 5.13. The van der Waals surface area contributed by atoms with Crippen LogP contribution in [0, 0.1) is 18.7 Å². The topological polar surface area (TPSA) is 49.3 Å². The fourth-order valence-corrected chi connectivity index (χ4v) is 1.38. The molecular weight excluding hydrogens is 233 g/mol. The summed E-state index contributed by atoms with van der Waals surface area (Å²) in [4.78, 5) is 11.8. The van der Waals surface area contributed by atoms with Crippen LogP contribution >= 0.6 is 0 Å². The maximum Gasteiger partial charge on any atom is 0.254 e. The summed E-state index contributed by atoms with van der Waals surface area (Å²) in [6.07, 6.45) is 0. The summed E-state index contributed by atoms with van der Waals surface area (Å²) in [5.41, 5.74) is -0.566. The summed E-state index contributed by atoms with van der Waals surface area (Å²) in [5, 5.41) is 12.6. The van der Waals surface area contributed by atoms with Crippen molar-refractivity contribution in [1.29, 1.82) is 0 Å². The van der Waals surface area contributed by atoms with E-state index in [0.29, 0.717) is 5.56 Å². The van der Waals surface area contributed by atoms with Gasteiger partial charge in [-0.2, -0.15) is 0 Å². The van der Waals surface area contributed by atoms with Crippen molar-refractivity contribution in [3.63, 3.8) is 0 Å². The summed E-state index contributed by atoms with van der Waals surface area (Å²) >= 11 is 0. The number of amides is 1. The molecule has 0 aliphatic heterocycles. The van der Waals surface area contributed by atoms with Crippen molar-refractivity contribution in [3.05, 3.63) is 35.1 Å². The number of halogens is 1. The van der Waals surface area contributed by atoms with Gasteiger partial charge in [-0.1, -0.05) is 26.0 Å². The predicted molar refractivity (Wildman–Crippen MR) is 68.9 cm³/mol. The summed E-state index contributed by atoms with van der Waals surface area (Å²) in [6.45, 7) is 7.07. The number of hydrogen-bond donors (Lipinski definition) is 2. The molecule has 0 saturated heterocycles. The highest BCUT2D eigenvalue weighted by Crippen LogP contribution is 2.16. The lowest BCUT2D eigenvalue weighted by atomic mass is 9.92. The Morgan fingerprint density at radius 1 is 1.50 bits per heavy atom. The van der Waals surface area contributed by atoms with Gasteiger partial charge in [-0.3, -0.25) is 4.79 Å². The lowest BCUT2D eigenvalue weighted by Gasteiger charge is -2.27. The molecule has 0 aliphatic carbocycles. The Balaban J connectivity index is 2.75. The van der Waals surface area contributed by atoms with Gasteiger partial charge in [0.2, 0.25) is 0 Å². The van der Waals surface area contributed by atoms with E-state index in [1.54, 1.807) is 26.0 Å². The van der Waals surface area contributed by atoms with Crippen LogP contribution < -0.4 is 5.32 Å². The highest BCUT2D eigenvalue weighted by molar-refractivity contribution is 5.94. The van der Waals surface area contributed by atoms with Gasteiger partial charge in [0.05, 0.1) is 11.2 Å². The zero-order valence-corrected chi connectivity index (χ0v) is 11.2. The smallest absolute Gasteiger partial charge is 0.254 e. The van der Waals surface area contributed by atoms with E-state index in [0.717, 1.165) is 0 Å². The molecule has 0 aliphatic rings. The fourth-order valence-electron chi connectivity index (χ4n) is 1.38. The van der Waals surface area contributed by atoms with Gasteiger partial charge in [-0.25, -0.2) is 4.39 Å². The third-order valence-corrected chi connectivity index (χ3v) is 3.29. The molecule has 4 heteroatoms. The molecular formula is C14H20FNO2. The quantitative estimate of drug-likeness (QED) is 0.864. The van der Waals surface area contributed by atoms with Gasteiger partial charge in [0.25, 0.3) is 5.91 Å². The van der Waals surface area contributed by atoms with E-state index in [-0.39, 0.29) is 18.0 Å². The van der Waals surface area contributed by atoms with E-state index in [1.165, 1.54) is 6.07 Å². The highest BCUT2D eigenvalue weighted by atomic mass is 19.1. The molecule has 3 nitrogen and oxygen atoms in total. The van der Waals surface area contributed by atoms with Crippen LogP contribution in [0.2, 0.25) is 0 Å². The minimum absolute atomic E-state index is 0.000145. The van der Waals surface area contributed by atoms with Crippen molar-refractivity contribution < 1.29 is 14.3 Å². The number of nitrogens with one attached hydrogen (secondary N) is 1. The van der Waals surface area contributed by atoms with Crippen molar-refractivity contribution in [2.45, 2.75) is 33.3 Å². The van der Waals surface area contributed by atoms with Crippen LogP contribution in [0.4, 0.5) is 4.39 Å². The maximum atomic E-state index is 13.7. The fraction of sp³-hybridized carbons (Fsp3) is 0.500. The minimum atomic E-state index is -1.00. The summed E-state index contributed by atoms with van der Waals surface area (Å²) < 4.78 is 13.7. The number of carbonyl (C=O) groups excluding carboxylic acids is 1. The van der Waals surface area contributed by atoms with E-state index in [1.807, 2.05) is 13.8 Å². The zero-order valence-electron chi connectivity index (χ0n) is 11.2. The Bertz CT molecular complexity index is 441. The molecule has 1 amide bonds. The van der Waals surface area contributed by atoms with Crippen molar-refractivity contribution in [3.8, 4) is 0 Å². The van der Waals surface area contributed by atoms with Crippen molar-refractivity contribution >= 4 is 5.91 Å². The van der Waals surface area contributed by atoms with Gasteiger partial charge in [-0.15, -0.1) is 0 Å². The van der Waals surface area contributed by atoms with Crippen molar-refractivity contribution in [1.82, 2.24) is 5.32 Å². The molecule has 0 spiro atoms. The van der Waals surface area contributed by atoms with Crippen molar-refractivity contribution in [2.75, 3.05) is 6.54 Å². The van der Waals surface area contributed by atoms with Crippen LogP contribution in [0.1, 0.15) is 36.7 Å². The van der Waals surface area contributed by atoms with Crippen LogP contribution in [0.25, 0.3) is 0 Å². The molecule has 1 rings (SSSR count). The molecule has 0 bridgehead atoms. The molecule has 0 heterocycles. The Kier molecular flexibility index (Phi) is 4.46. The van der Waals surface area contributed by atoms with E-state index in [2.05, 4.69) is 5.32 Å². The van der Waals surface area contributed by atoms with Crippen LogP contribution in [0.5, 0.6) is 0 Å². The molecule has 1 aromatic carbocycles. The lowest BCUT2D eigenvalue weighted by molar-refractivity contribution is 0.0142. The second-order valence-electron chi connectivity index (χ2n) is 5.13. The van der Waals surface area contributed by atoms with Crippen LogP contribution in [-0.4, -0.2) is 23.2 Å². The number of carbonyl (C=O) groups is 1. The number of aryl methyl sites for hydroxylation is 1. The van der Waals surface area contributed by atoms with Gasteiger partial charge in [0.1, 0.15) is 5.82 Å². The first kappa shape index (κ1) is 14.6. The summed E-state index contributed by atoms with van der Waals surface area (Å²) in [6, 6.07) is 4.67. The van der Waals surface area contributed by atoms with Crippen molar-refractivity contribution in [2.24, 2.45) is 5.92 Å². The van der Waals surface area contributed by atoms with Crippen LogP contribution in [-0.2, 0) is 0 Å². The molecule has 0 fully saturated rings. The number of rotatable bonds is 4. The molecule has 0 radical (unpaired) electrons. The zero-order chi connectivity index (χ0) is 13.9. The number of hydrogen-bond acceptors (Lipinski definition) is 2. The normalized spacial score (nSPS) is 14.4. The Labute approximate surface area is 107 Å². The first-order valence-corrected chi connectivity index (χ1v) is 6.01. The lowest BCUT2D eigenvalue weighted by Crippen LogP contribution is -2.44. The first-order valence-electron chi connectivity index (χ1n) is 6.01. The van der Waals surface area contributed by atoms with E-state index >= 15 is 0 Å². The summed E-state index contributed by atoms with van der Waals surface area (Å²) in [7, 11) is 0. The molecule has 0 saturated carbocycles. The molecule has 1 atom stereocenters. The van der Waals surface area contributed by atoms with Gasteiger partial charge >= 0.3 is 0 Å². The van der Waals surface area contributed by atoms with E-state index < -0.39 is 17.3 Å². The minimum Gasteiger partial charge on any atom is -0.388 e. The molecule has 18 heavy (non-hydrogen) atoms. The molecule has 1 aromatic rings. The number of aliphatic hydroxyl groups is 1. The predicted octanol–water partition coefficient (Wildman–Crippen LogP) is 2.27. The van der Waals surface area contributed by atoms with Gasteiger partial charge in [0, 0.05) is 6.54 Å².